The van der Waals surface area contributed by atoms with Crippen LogP contribution in [0.15, 0.2) is 38.0 Å². The fraction of sp³-hybridized carbons (Fsp3) is 0.333. The average Bonchev–Trinajstić information content (AvgIpc) is 1.90. The van der Waals surface area contributed by atoms with Gasteiger partial charge in [-0.15, -0.1) is 19.7 Å². The van der Waals surface area contributed by atoms with Crippen molar-refractivity contribution in [3.05, 3.63) is 38.0 Å². The number of nitrogens with zero attached hydrogens (tertiary/aromatic N) is 1. The van der Waals surface area contributed by atoms with E-state index in [1.807, 2.05) is 18.2 Å². The number of rotatable bonds is 6. The van der Waals surface area contributed by atoms with Gasteiger partial charge in [-0.25, -0.2) is 0 Å². The lowest BCUT2D eigenvalue weighted by atomic mass is 10.5. The molecule has 0 aliphatic rings. The molecular formula is C9H15N. The molecule has 1 nitrogen and oxygen atoms in total. The van der Waals surface area contributed by atoms with Crippen LogP contribution in [0.5, 0.6) is 0 Å². The first-order valence-electron chi connectivity index (χ1n) is 3.40. The average molecular weight is 139 g/mol. The molecule has 0 radical (unpaired) electrons. The number of hydrogen-bond donors (Lipinski definition) is 0. The van der Waals surface area contributed by atoms with Crippen LogP contribution >= 0.6 is 0 Å². The van der Waals surface area contributed by atoms with Crippen molar-refractivity contribution in [2.75, 3.05) is 19.6 Å². The van der Waals surface area contributed by atoms with E-state index in [2.05, 4.69) is 24.6 Å². The maximum absolute atomic E-state index is 3.65. The van der Waals surface area contributed by atoms with E-state index in [9.17, 15) is 0 Å². The second-order valence-corrected chi connectivity index (χ2v) is 2.08. The lowest BCUT2D eigenvalue weighted by Crippen LogP contribution is -2.23. The first-order valence-corrected chi connectivity index (χ1v) is 3.40. The fourth-order valence-electron chi connectivity index (χ4n) is 0.771. The van der Waals surface area contributed by atoms with Crippen molar-refractivity contribution in [1.82, 2.24) is 4.90 Å². The molecule has 0 saturated heterocycles. The van der Waals surface area contributed by atoms with E-state index in [4.69, 9.17) is 0 Å². The van der Waals surface area contributed by atoms with E-state index in [1.165, 1.54) is 0 Å². The zero-order chi connectivity index (χ0) is 7.82. The minimum absolute atomic E-state index is 0.901. The van der Waals surface area contributed by atoms with Gasteiger partial charge in [-0.2, -0.15) is 0 Å². The first kappa shape index (κ1) is 9.18. The second-order valence-electron chi connectivity index (χ2n) is 2.08. The van der Waals surface area contributed by atoms with E-state index < -0.39 is 0 Å². The van der Waals surface area contributed by atoms with Gasteiger partial charge in [0, 0.05) is 19.6 Å². The Morgan fingerprint density at radius 1 is 1.10 bits per heavy atom. The normalized spacial score (nSPS) is 9.30. The molecule has 0 aromatic carbocycles. The highest BCUT2D eigenvalue weighted by molar-refractivity contribution is 4.83. The standard InChI is InChI=1S/C9H15N/c1-4-7-10(8-5-2)9-6-3/h4-6H,1-3,7-9H2/i7+2. The Labute approximate surface area is 63.3 Å². The summed E-state index contributed by atoms with van der Waals surface area (Å²) in [5.74, 6) is 0. The van der Waals surface area contributed by atoms with Crippen LogP contribution in [0.2, 0.25) is 0 Å². The van der Waals surface area contributed by atoms with Gasteiger partial charge >= 0.3 is 0 Å². The Morgan fingerprint density at radius 3 is 1.90 bits per heavy atom. The summed E-state index contributed by atoms with van der Waals surface area (Å²) in [6.07, 6.45) is 5.65. The smallest absolute Gasteiger partial charge is 0.0167 e. The summed E-state index contributed by atoms with van der Waals surface area (Å²) in [6.45, 7) is 13.7. The van der Waals surface area contributed by atoms with E-state index in [1.54, 1.807) is 0 Å². The maximum Gasteiger partial charge on any atom is 0.0167 e. The summed E-state index contributed by atoms with van der Waals surface area (Å²) in [6, 6.07) is 0. The lowest BCUT2D eigenvalue weighted by Gasteiger charge is -2.15. The third kappa shape index (κ3) is 4.10. The molecule has 1 heteroatoms. The number of hydrogen-bond acceptors (Lipinski definition) is 1. The molecular weight excluding hydrogens is 124 g/mol. The summed E-state index contributed by atoms with van der Waals surface area (Å²) in [5, 5.41) is 0. The van der Waals surface area contributed by atoms with Crippen LogP contribution in [0.4, 0.5) is 0 Å². The molecule has 0 aliphatic carbocycles. The Hall–Kier alpha value is -0.820. The molecule has 56 valence electrons. The predicted octanol–water partition coefficient (Wildman–Crippen LogP) is 1.85. The SMILES string of the molecule is C=CCN(CC=C)[14CH2]C=C. The molecule has 0 rings (SSSR count). The molecule has 0 heterocycles. The van der Waals surface area contributed by atoms with Crippen molar-refractivity contribution >= 4 is 0 Å². The van der Waals surface area contributed by atoms with Crippen molar-refractivity contribution in [2.24, 2.45) is 0 Å². The van der Waals surface area contributed by atoms with Gasteiger partial charge < -0.3 is 0 Å². The highest BCUT2D eigenvalue weighted by Crippen LogP contribution is 1.87. The lowest BCUT2D eigenvalue weighted by molar-refractivity contribution is 0.373. The predicted molar refractivity (Wildman–Crippen MR) is 47.0 cm³/mol. The molecule has 0 aliphatic heterocycles. The van der Waals surface area contributed by atoms with Gasteiger partial charge in [-0.1, -0.05) is 18.2 Å². The van der Waals surface area contributed by atoms with Gasteiger partial charge in [0.25, 0.3) is 0 Å². The molecule has 0 aromatic rings. The van der Waals surface area contributed by atoms with E-state index in [-0.39, 0.29) is 0 Å². The summed E-state index contributed by atoms with van der Waals surface area (Å²) >= 11 is 0. The van der Waals surface area contributed by atoms with Crippen LogP contribution < -0.4 is 0 Å². The van der Waals surface area contributed by atoms with E-state index in [0.717, 1.165) is 19.6 Å². The Morgan fingerprint density at radius 2 is 1.60 bits per heavy atom. The molecule has 0 aromatic heterocycles. The quantitative estimate of drug-likeness (QED) is 0.507. The van der Waals surface area contributed by atoms with Gasteiger partial charge in [-0.3, -0.25) is 4.90 Å². The van der Waals surface area contributed by atoms with Gasteiger partial charge in [0.2, 0.25) is 0 Å². The molecule has 0 fully saturated rings. The van der Waals surface area contributed by atoms with Crippen molar-refractivity contribution in [1.29, 1.82) is 0 Å². The van der Waals surface area contributed by atoms with Crippen molar-refractivity contribution in [2.45, 2.75) is 0 Å². The highest BCUT2D eigenvalue weighted by atomic mass is 15.5. The maximum atomic E-state index is 3.65. The fourth-order valence-corrected chi connectivity index (χ4v) is 0.771. The highest BCUT2D eigenvalue weighted by Gasteiger charge is 1.94. The van der Waals surface area contributed by atoms with Gasteiger partial charge in [0.1, 0.15) is 0 Å². The third-order valence-electron chi connectivity index (χ3n) is 1.16. The molecule has 0 saturated carbocycles. The Balaban J connectivity index is 3.58. The van der Waals surface area contributed by atoms with Crippen LogP contribution in [0.3, 0.4) is 0 Å². The van der Waals surface area contributed by atoms with Crippen LogP contribution in [-0.4, -0.2) is 24.5 Å². The van der Waals surface area contributed by atoms with Crippen molar-refractivity contribution in [3.63, 3.8) is 0 Å². The minimum Gasteiger partial charge on any atom is -0.292 e. The van der Waals surface area contributed by atoms with Gasteiger partial charge in [-0.05, 0) is 0 Å². The van der Waals surface area contributed by atoms with Gasteiger partial charge in [0.15, 0.2) is 0 Å². The zero-order valence-electron chi connectivity index (χ0n) is 6.42. The van der Waals surface area contributed by atoms with E-state index >= 15 is 0 Å². The molecule has 0 amide bonds. The van der Waals surface area contributed by atoms with Crippen LogP contribution in [0.1, 0.15) is 0 Å². The molecule has 0 unspecified atom stereocenters. The zero-order valence-corrected chi connectivity index (χ0v) is 6.42. The van der Waals surface area contributed by atoms with E-state index in [0.29, 0.717) is 0 Å². The summed E-state index contributed by atoms with van der Waals surface area (Å²) in [5.41, 5.74) is 0. The summed E-state index contributed by atoms with van der Waals surface area (Å²) < 4.78 is 0. The van der Waals surface area contributed by atoms with Gasteiger partial charge in [0.05, 0.1) is 0 Å². The largest absolute Gasteiger partial charge is 0.292 e. The minimum atomic E-state index is 0.901. The van der Waals surface area contributed by atoms with Crippen molar-refractivity contribution in [3.8, 4) is 0 Å². The first-order chi connectivity index (χ1) is 4.85. The molecule has 10 heavy (non-hydrogen) atoms. The molecule has 0 atom stereocenters. The third-order valence-corrected chi connectivity index (χ3v) is 1.16. The molecule has 0 spiro atoms. The van der Waals surface area contributed by atoms with Crippen LogP contribution in [0, 0.1) is 0 Å². The molecule has 0 N–H and O–H groups in total. The second kappa shape index (κ2) is 6.30. The molecule has 0 bridgehead atoms. The van der Waals surface area contributed by atoms with Crippen LogP contribution in [-0.2, 0) is 0 Å². The summed E-state index contributed by atoms with van der Waals surface area (Å²) in [7, 11) is 0. The van der Waals surface area contributed by atoms with Crippen LogP contribution in [0.25, 0.3) is 0 Å². The monoisotopic (exact) mass is 139 g/mol. The topological polar surface area (TPSA) is 3.24 Å². The Bertz CT molecular complexity index is 92.1. The van der Waals surface area contributed by atoms with Crippen molar-refractivity contribution < 1.29 is 0 Å². The summed E-state index contributed by atoms with van der Waals surface area (Å²) in [4.78, 5) is 2.19. The Kier molecular flexibility index (Phi) is 5.79.